The summed E-state index contributed by atoms with van der Waals surface area (Å²) in [5.41, 5.74) is 2.39. The van der Waals surface area contributed by atoms with Gasteiger partial charge >= 0.3 is 0 Å². The maximum Gasteiger partial charge on any atom is 0.0562 e. The molecule has 0 radical (unpaired) electrons. The highest BCUT2D eigenvalue weighted by Crippen LogP contribution is 2.19. The van der Waals surface area contributed by atoms with Crippen molar-refractivity contribution in [2.75, 3.05) is 38.6 Å². The molecule has 1 aliphatic heterocycles. The van der Waals surface area contributed by atoms with E-state index in [-0.39, 0.29) is 0 Å². The average molecular weight is 290 g/mol. The molecule has 1 fully saturated rings. The van der Waals surface area contributed by atoms with Crippen molar-refractivity contribution in [2.45, 2.75) is 39.3 Å². The van der Waals surface area contributed by atoms with Gasteiger partial charge in [-0.05, 0) is 51.0 Å². The molecule has 0 spiro atoms. The van der Waals surface area contributed by atoms with E-state index in [0.29, 0.717) is 12.0 Å². The Balaban J connectivity index is 1.89. The van der Waals surface area contributed by atoms with Gasteiger partial charge in [0.15, 0.2) is 0 Å². The topological polar surface area (TPSA) is 31.4 Å². The zero-order valence-electron chi connectivity index (χ0n) is 14.0. The zero-order chi connectivity index (χ0) is 15.2. The molecule has 1 aromatic heterocycles. The predicted octanol–water partition coefficient (Wildman–Crippen LogP) is 2.36. The van der Waals surface area contributed by atoms with Crippen LogP contribution in [0.15, 0.2) is 18.3 Å². The molecule has 0 amide bonds. The monoisotopic (exact) mass is 290 g/mol. The van der Waals surface area contributed by atoms with Gasteiger partial charge in [0.25, 0.3) is 0 Å². The molecule has 118 valence electrons. The number of likely N-dealkylation sites (tertiary alicyclic amines) is 1. The third kappa shape index (κ3) is 4.97. The summed E-state index contributed by atoms with van der Waals surface area (Å²) in [6.45, 7) is 8.67. The number of nitrogens with zero attached hydrogens (tertiary/aromatic N) is 3. The molecule has 1 unspecified atom stereocenters. The molecule has 0 bridgehead atoms. The normalized spacial score (nSPS) is 19.4. The summed E-state index contributed by atoms with van der Waals surface area (Å²) >= 11 is 0. The van der Waals surface area contributed by atoms with Crippen molar-refractivity contribution in [3.63, 3.8) is 0 Å². The van der Waals surface area contributed by atoms with Crippen molar-refractivity contribution in [3.05, 3.63) is 24.0 Å². The number of anilines is 1. The fourth-order valence-corrected chi connectivity index (χ4v) is 2.92. The van der Waals surface area contributed by atoms with Crippen molar-refractivity contribution in [2.24, 2.45) is 5.92 Å². The number of aromatic nitrogens is 1. The molecule has 1 saturated heterocycles. The second-order valence-electron chi connectivity index (χ2n) is 6.69. The van der Waals surface area contributed by atoms with Gasteiger partial charge in [-0.3, -0.25) is 4.98 Å². The summed E-state index contributed by atoms with van der Waals surface area (Å²) in [6.07, 6.45) is 4.57. The zero-order valence-corrected chi connectivity index (χ0v) is 14.0. The van der Waals surface area contributed by atoms with E-state index in [4.69, 9.17) is 0 Å². The minimum absolute atomic E-state index is 0.675. The number of hydrogen-bond acceptors (Lipinski definition) is 4. The molecule has 1 aromatic rings. The molecular weight excluding hydrogens is 260 g/mol. The van der Waals surface area contributed by atoms with Crippen molar-refractivity contribution >= 4 is 5.69 Å². The largest absolute Gasteiger partial charge is 0.373 e. The number of nitrogens with one attached hydrogen (secondary N) is 1. The molecule has 2 heterocycles. The van der Waals surface area contributed by atoms with Crippen molar-refractivity contribution in [1.82, 2.24) is 15.2 Å². The molecule has 1 N–H and O–H groups in total. The second-order valence-corrected chi connectivity index (χ2v) is 6.69. The SMILES string of the molecule is CC(C)CNCc1cc(N(C)CC2CCCN2C)ccn1. The minimum Gasteiger partial charge on any atom is -0.373 e. The summed E-state index contributed by atoms with van der Waals surface area (Å²) in [4.78, 5) is 9.30. The summed E-state index contributed by atoms with van der Waals surface area (Å²) in [5.74, 6) is 0.675. The van der Waals surface area contributed by atoms with Crippen LogP contribution in [0.2, 0.25) is 0 Å². The van der Waals surface area contributed by atoms with E-state index in [1.54, 1.807) is 0 Å². The van der Waals surface area contributed by atoms with Gasteiger partial charge in [0, 0.05) is 38.1 Å². The molecule has 2 rings (SSSR count). The first-order valence-corrected chi connectivity index (χ1v) is 8.13. The van der Waals surface area contributed by atoms with E-state index < -0.39 is 0 Å². The van der Waals surface area contributed by atoms with Gasteiger partial charge in [0.2, 0.25) is 0 Å². The molecular formula is C17H30N4. The molecule has 0 aliphatic carbocycles. The summed E-state index contributed by atoms with van der Waals surface area (Å²) in [7, 11) is 4.42. The average Bonchev–Trinajstić information content (AvgIpc) is 2.84. The first kappa shape index (κ1) is 16.2. The van der Waals surface area contributed by atoms with Gasteiger partial charge in [-0.1, -0.05) is 13.8 Å². The summed E-state index contributed by atoms with van der Waals surface area (Å²) in [6, 6.07) is 5.01. The van der Waals surface area contributed by atoms with Crippen molar-refractivity contribution in [1.29, 1.82) is 0 Å². The van der Waals surface area contributed by atoms with Crippen molar-refractivity contribution < 1.29 is 0 Å². The second kappa shape index (κ2) is 7.76. The lowest BCUT2D eigenvalue weighted by Crippen LogP contribution is -2.36. The number of hydrogen-bond donors (Lipinski definition) is 1. The van der Waals surface area contributed by atoms with Crippen LogP contribution in [-0.2, 0) is 6.54 Å². The number of likely N-dealkylation sites (N-methyl/N-ethyl adjacent to an activating group) is 2. The maximum absolute atomic E-state index is 4.47. The Morgan fingerprint density at radius 3 is 2.95 bits per heavy atom. The van der Waals surface area contributed by atoms with Gasteiger partial charge in [-0.15, -0.1) is 0 Å². The Morgan fingerprint density at radius 1 is 1.48 bits per heavy atom. The third-order valence-corrected chi connectivity index (χ3v) is 4.26. The quantitative estimate of drug-likeness (QED) is 0.835. The fraction of sp³-hybridized carbons (Fsp3) is 0.706. The Morgan fingerprint density at radius 2 is 2.29 bits per heavy atom. The smallest absolute Gasteiger partial charge is 0.0562 e. The van der Waals surface area contributed by atoms with Crippen LogP contribution >= 0.6 is 0 Å². The highest BCUT2D eigenvalue weighted by atomic mass is 15.2. The molecule has 4 nitrogen and oxygen atoms in total. The van der Waals surface area contributed by atoms with Gasteiger partial charge in [-0.2, -0.15) is 0 Å². The first-order valence-electron chi connectivity index (χ1n) is 8.13. The van der Waals surface area contributed by atoms with E-state index in [2.05, 4.69) is 60.2 Å². The molecule has 1 atom stereocenters. The van der Waals surface area contributed by atoms with Crippen LogP contribution in [-0.4, -0.2) is 49.7 Å². The first-order chi connectivity index (χ1) is 10.1. The Kier molecular flexibility index (Phi) is 6.00. The number of pyridine rings is 1. The van der Waals surface area contributed by atoms with Crippen LogP contribution < -0.4 is 10.2 Å². The molecule has 1 aliphatic rings. The Bertz CT molecular complexity index is 433. The van der Waals surface area contributed by atoms with Gasteiger partial charge < -0.3 is 15.1 Å². The van der Waals surface area contributed by atoms with Gasteiger partial charge in [0.1, 0.15) is 0 Å². The predicted molar refractivity (Wildman–Crippen MR) is 89.7 cm³/mol. The fourth-order valence-electron chi connectivity index (χ4n) is 2.92. The van der Waals surface area contributed by atoms with Gasteiger partial charge in [-0.25, -0.2) is 0 Å². The van der Waals surface area contributed by atoms with Crippen LogP contribution in [0.25, 0.3) is 0 Å². The third-order valence-electron chi connectivity index (χ3n) is 4.26. The summed E-state index contributed by atoms with van der Waals surface area (Å²) < 4.78 is 0. The van der Waals surface area contributed by atoms with E-state index in [1.165, 1.54) is 25.1 Å². The van der Waals surface area contributed by atoms with Crippen LogP contribution in [0.4, 0.5) is 5.69 Å². The van der Waals surface area contributed by atoms with E-state index >= 15 is 0 Å². The Hall–Kier alpha value is -1.13. The lowest BCUT2D eigenvalue weighted by atomic mass is 10.2. The highest BCUT2D eigenvalue weighted by Gasteiger charge is 2.22. The molecule has 0 aromatic carbocycles. The Labute approximate surface area is 129 Å². The highest BCUT2D eigenvalue weighted by molar-refractivity contribution is 5.45. The minimum atomic E-state index is 0.675. The van der Waals surface area contributed by atoms with Crippen LogP contribution in [0, 0.1) is 5.92 Å². The standard InChI is InChI=1S/C17H30N4/c1-14(2)11-18-12-15-10-16(7-8-19-15)21(4)13-17-6-5-9-20(17)3/h7-8,10,14,17-18H,5-6,9,11-13H2,1-4H3. The molecule has 0 saturated carbocycles. The van der Waals surface area contributed by atoms with E-state index in [9.17, 15) is 0 Å². The van der Waals surface area contributed by atoms with E-state index in [0.717, 1.165) is 25.3 Å². The van der Waals surface area contributed by atoms with Crippen molar-refractivity contribution in [3.8, 4) is 0 Å². The van der Waals surface area contributed by atoms with Crippen LogP contribution in [0.3, 0.4) is 0 Å². The molecule has 4 heteroatoms. The van der Waals surface area contributed by atoms with E-state index in [1.807, 2.05) is 6.20 Å². The summed E-state index contributed by atoms with van der Waals surface area (Å²) in [5, 5.41) is 3.46. The van der Waals surface area contributed by atoms with Crippen LogP contribution in [0.5, 0.6) is 0 Å². The lowest BCUT2D eigenvalue weighted by molar-refractivity contribution is 0.314. The van der Waals surface area contributed by atoms with Gasteiger partial charge in [0.05, 0.1) is 5.69 Å². The maximum atomic E-state index is 4.47. The lowest BCUT2D eigenvalue weighted by Gasteiger charge is -2.27. The van der Waals surface area contributed by atoms with Crippen LogP contribution in [0.1, 0.15) is 32.4 Å². The molecule has 21 heavy (non-hydrogen) atoms. The number of rotatable bonds is 7.